The Labute approximate surface area is 115 Å². The number of rotatable bonds is 11. The normalized spacial score (nSPS) is 10.8. The molecule has 1 rings (SSSR count). The lowest BCUT2D eigenvalue weighted by Crippen LogP contribution is -2.05. The topological polar surface area (TPSA) is 64.7 Å². The summed E-state index contributed by atoms with van der Waals surface area (Å²) >= 11 is 0. The van der Waals surface area contributed by atoms with Crippen LogP contribution in [0.5, 0.6) is 5.75 Å². The van der Waals surface area contributed by atoms with Gasteiger partial charge in [0.2, 0.25) is 0 Å². The Bertz CT molecular complexity index is 314. The van der Waals surface area contributed by atoms with Gasteiger partial charge in [0.1, 0.15) is 5.75 Å². The molecule has 0 aliphatic carbocycles. The quantitative estimate of drug-likeness (QED) is 0.604. The fraction of sp³-hybridized carbons (Fsp3) is 0.600. The summed E-state index contributed by atoms with van der Waals surface area (Å²) in [6.45, 7) is 3.37. The second-order valence-corrected chi connectivity index (χ2v) is 4.53. The van der Waals surface area contributed by atoms with Crippen LogP contribution in [0.25, 0.3) is 0 Å². The van der Waals surface area contributed by atoms with Crippen LogP contribution in [0.1, 0.15) is 31.2 Å². The zero-order valence-corrected chi connectivity index (χ0v) is 11.5. The summed E-state index contributed by atoms with van der Waals surface area (Å²) in [5, 5.41) is 9.13. The molecule has 0 bridgehead atoms. The van der Waals surface area contributed by atoms with E-state index in [-0.39, 0.29) is 5.75 Å². The van der Waals surface area contributed by atoms with Gasteiger partial charge in [-0.3, -0.25) is 0 Å². The molecule has 0 spiro atoms. The molecular weight excluding hydrogens is 242 g/mol. The smallest absolute Gasteiger partial charge is 0.115 e. The molecule has 0 atom stereocenters. The number of phenolic OH excluding ortho intramolecular Hbond substituents is 1. The average Bonchev–Trinajstić information content (AvgIpc) is 2.43. The highest BCUT2D eigenvalue weighted by Crippen LogP contribution is 2.10. The molecule has 108 valence electrons. The third-order valence-electron chi connectivity index (χ3n) is 2.82. The summed E-state index contributed by atoms with van der Waals surface area (Å²) in [5.41, 5.74) is 6.47. The summed E-state index contributed by atoms with van der Waals surface area (Å²) < 4.78 is 11.0. The number of phenols is 1. The zero-order valence-electron chi connectivity index (χ0n) is 11.5. The average molecular weight is 267 g/mol. The van der Waals surface area contributed by atoms with Crippen LogP contribution in [0.15, 0.2) is 24.3 Å². The van der Waals surface area contributed by atoms with E-state index in [0.29, 0.717) is 19.8 Å². The van der Waals surface area contributed by atoms with Gasteiger partial charge in [0.15, 0.2) is 0 Å². The Morgan fingerprint density at radius 1 is 0.842 bits per heavy atom. The van der Waals surface area contributed by atoms with Gasteiger partial charge in [-0.25, -0.2) is 0 Å². The summed E-state index contributed by atoms with van der Waals surface area (Å²) in [5.74, 6) is 0.279. The van der Waals surface area contributed by atoms with Crippen molar-refractivity contribution in [1.82, 2.24) is 0 Å². The molecule has 4 heteroatoms. The Balaban J connectivity index is 1.87. The molecule has 0 unspecified atom stereocenters. The largest absolute Gasteiger partial charge is 0.508 e. The van der Waals surface area contributed by atoms with Gasteiger partial charge < -0.3 is 20.3 Å². The first-order valence-corrected chi connectivity index (χ1v) is 6.96. The molecule has 0 aliphatic heterocycles. The van der Waals surface area contributed by atoms with E-state index < -0.39 is 0 Å². The number of hydrogen-bond donors (Lipinski definition) is 2. The molecule has 4 nitrogen and oxygen atoms in total. The number of benzene rings is 1. The Hall–Kier alpha value is -1.10. The van der Waals surface area contributed by atoms with Crippen LogP contribution in [0.2, 0.25) is 0 Å². The number of ether oxygens (including phenoxy) is 2. The summed E-state index contributed by atoms with van der Waals surface area (Å²) in [7, 11) is 0. The molecule has 3 N–H and O–H groups in total. The minimum Gasteiger partial charge on any atom is -0.508 e. The summed E-state index contributed by atoms with van der Waals surface area (Å²) in [6.07, 6.45) is 4.58. The van der Waals surface area contributed by atoms with Crippen molar-refractivity contribution in [1.29, 1.82) is 0 Å². The molecule has 0 saturated carbocycles. The molecule has 0 aromatic heterocycles. The predicted octanol–water partition coefficient (Wildman–Crippen LogP) is 2.44. The molecule has 0 aliphatic rings. The lowest BCUT2D eigenvalue weighted by Gasteiger charge is -2.06. The van der Waals surface area contributed by atoms with Crippen LogP contribution in [-0.2, 0) is 16.1 Å². The standard InChI is InChI=1S/C15H25NO3/c16-9-3-1-2-4-10-18-11-12-19-13-14-5-7-15(17)8-6-14/h5-8,17H,1-4,9-13,16H2. The lowest BCUT2D eigenvalue weighted by molar-refractivity contribution is 0.0393. The highest BCUT2D eigenvalue weighted by Gasteiger charge is 1.95. The fourth-order valence-electron chi connectivity index (χ4n) is 1.70. The maximum absolute atomic E-state index is 9.13. The van der Waals surface area contributed by atoms with E-state index in [1.807, 2.05) is 12.1 Å². The SMILES string of the molecule is NCCCCCCOCCOCc1ccc(O)cc1. The Morgan fingerprint density at radius 3 is 2.26 bits per heavy atom. The maximum atomic E-state index is 9.13. The molecule has 0 radical (unpaired) electrons. The number of aromatic hydroxyl groups is 1. The van der Waals surface area contributed by atoms with Crippen molar-refractivity contribution in [3.8, 4) is 5.75 Å². The highest BCUT2D eigenvalue weighted by molar-refractivity contribution is 5.25. The van der Waals surface area contributed by atoms with E-state index in [4.69, 9.17) is 20.3 Å². The zero-order chi connectivity index (χ0) is 13.8. The van der Waals surface area contributed by atoms with Crippen LogP contribution < -0.4 is 5.73 Å². The minimum atomic E-state index is 0.279. The van der Waals surface area contributed by atoms with Crippen molar-refractivity contribution in [2.24, 2.45) is 5.73 Å². The molecule has 0 saturated heterocycles. The minimum absolute atomic E-state index is 0.279. The van der Waals surface area contributed by atoms with E-state index >= 15 is 0 Å². The first-order valence-electron chi connectivity index (χ1n) is 6.96. The van der Waals surface area contributed by atoms with E-state index in [1.165, 1.54) is 12.8 Å². The van der Waals surface area contributed by atoms with Crippen LogP contribution in [0.3, 0.4) is 0 Å². The van der Waals surface area contributed by atoms with Gasteiger partial charge in [0.05, 0.1) is 19.8 Å². The first-order chi connectivity index (χ1) is 9.33. The molecule has 1 aromatic rings. The van der Waals surface area contributed by atoms with E-state index in [1.54, 1.807) is 12.1 Å². The molecular formula is C15H25NO3. The highest BCUT2D eigenvalue weighted by atomic mass is 16.5. The monoisotopic (exact) mass is 267 g/mol. The Kier molecular flexibility index (Phi) is 9.06. The van der Waals surface area contributed by atoms with Gasteiger partial charge in [-0.05, 0) is 37.1 Å². The van der Waals surface area contributed by atoms with E-state index in [9.17, 15) is 0 Å². The second-order valence-electron chi connectivity index (χ2n) is 4.53. The van der Waals surface area contributed by atoms with Crippen LogP contribution in [-0.4, -0.2) is 31.5 Å². The van der Waals surface area contributed by atoms with E-state index in [0.717, 1.165) is 31.6 Å². The van der Waals surface area contributed by atoms with E-state index in [2.05, 4.69) is 0 Å². The van der Waals surface area contributed by atoms with Gasteiger partial charge in [-0.1, -0.05) is 25.0 Å². The van der Waals surface area contributed by atoms with Crippen molar-refractivity contribution < 1.29 is 14.6 Å². The van der Waals surface area contributed by atoms with Gasteiger partial charge in [0.25, 0.3) is 0 Å². The van der Waals surface area contributed by atoms with Crippen LogP contribution >= 0.6 is 0 Å². The number of hydrogen-bond acceptors (Lipinski definition) is 4. The fourth-order valence-corrected chi connectivity index (χ4v) is 1.70. The van der Waals surface area contributed by atoms with Crippen molar-refractivity contribution in [3.63, 3.8) is 0 Å². The van der Waals surface area contributed by atoms with Crippen molar-refractivity contribution in [2.45, 2.75) is 32.3 Å². The second kappa shape index (κ2) is 10.8. The number of unbranched alkanes of at least 4 members (excludes halogenated alkanes) is 3. The molecule has 0 heterocycles. The third-order valence-corrected chi connectivity index (χ3v) is 2.82. The summed E-state index contributed by atoms with van der Waals surface area (Å²) in [4.78, 5) is 0. The van der Waals surface area contributed by atoms with Crippen LogP contribution in [0.4, 0.5) is 0 Å². The predicted molar refractivity (Wildman–Crippen MR) is 76.1 cm³/mol. The van der Waals surface area contributed by atoms with Crippen molar-refractivity contribution >= 4 is 0 Å². The van der Waals surface area contributed by atoms with Crippen molar-refractivity contribution in [2.75, 3.05) is 26.4 Å². The first kappa shape index (κ1) is 16.0. The van der Waals surface area contributed by atoms with Gasteiger partial charge >= 0.3 is 0 Å². The third kappa shape index (κ3) is 8.59. The summed E-state index contributed by atoms with van der Waals surface area (Å²) in [6, 6.07) is 7.04. The van der Waals surface area contributed by atoms with Gasteiger partial charge in [-0.15, -0.1) is 0 Å². The van der Waals surface area contributed by atoms with Gasteiger partial charge in [-0.2, -0.15) is 0 Å². The van der Waals surface area contributed by atoms with Crippen LogP contribution in [0, 0.1) is 0 Å². The van der Waals surface area contributed by atoms with Crippen molar-refractivity contribution in [3.05, 3.63) is 29.8 Å². The molecule has 0 amide bonds. The molecule has 1 aromatic carbocycles. The molecule has 0 fully saturated rings. The molecule has 19 heavy (non-hydrogen) atoms. The maximum Gasteiger partial charge on any atom is 0.115 e. The van der Waals surface area contributed by atoms with Gasteiger partial charge in [0, 0.05) is 6.61 Å². The number of nitrogens with two attached hydrogens (primary N) is 1. The lowest BCUT2D eigenvalue weighted by atomic mass is 10.2. The Morgan fingerprint density at radius 2 is 1.53 bits per heavy atom.